The van der Waals surface area contributed by atoms with Gasteiger partial charge in [0.1, 0.15) is 6.61 Å². The van der Waals surface area contributed by atoms with Crippen molar-refractivity contribution < 1.29 is 9.53 Å². The first-order valence-corrected chi connectivity index (χ1v) is 9.80. The first-order valence-electron chi connectivity index (χ1n) is 8.51. The number of carbonyl (C=O) groups is 1. The van der Waals surface area contributed by atoms with Crippen LogP contribution in [0, 0.1) is 6.92 Å². The minimum Gasteiger partial charge on any atom is -0.489 e. The molecule has 0 unspecified atom stereocenters. The fraction of sp³-hybridized carbons (Fsp3) is 0.333. The second kappa shape index (κ2) is 9.18. The van der Waals surface area contributed by atoms with Gasteiger partial charge >= 0.3 is 0 Å². The van der Waals surface area contributed by atoms with Crippen LogP contribution in [0.1, 0.15) is 25.0 Å². The van der Waals surface area contributed by atoms with E-state index in [-0.39, 0.29) is 17.7 Å². The van der Waals surface area contributed by atoms with E-state index in [1.165, 1.54) is 0 Å². The van der Waals surface area contributed by atoms with E-state index in [9.17, 15) is 4.79 Å². The van der Waals surface area contributed by atoms with E-state index in [0.717, 1.165) is 16.8 Å². The minimum absolute atomic E-state index is 0.123. The van der Waals surface area contributed by atoms with Gasteiger partial charge in [0.05, 0.1) is 22.5 Å². The van der Waals surface area contributed by atoms with Gasteiger partial charge in [-0.15, -0.1) is 11.6 Å². The highest BCUT2D eigenvalue weighted by Crippen LogP contribution is 2.40. The van der Waals surface area contributed by atoms with Crippen molar-refractivity contribution in [3.63, 3.8) is 0 Å². The van der Waals surface area contributed by atoms with E-state index >= 15 is 0 Å². The number of hydrogen-bond donors (Lipinski definition) is 0. The van der Waals surface area contributed by atoms with Crippen LogP contribution < -0.4 is 9.64 Å². The van der Waals surface area contributed by atoms with Crippen molar-refractivity contribution in [2.75, 3.05) is 31.0 Å². The molecule has 0 heterocycles. The van der Waals surface area contributed by atoms with E-state index in [1.807, 2.05) is 48.3 Å². The third kappa shape index (κ3) is 5.31. The second-order valence-corrected chi connectivity index (χ2v) is 8.07. The Bertz CT molecular complexity index is 781. The molecule has 0 atom stereocenters. The molecule has 0 saturated heterocycles. The number of ketones is 1. The molecule has 0 aromatic heterocycles. The summed E-state index contributed by atoms with van der Waals surface area (Å²) in [6.45, 7) is 8.24. The number of nitrogens with zero attached hydrogens (tertiary/aromatic N) is 1. The van der Waals surface area contributed by atoms with Crippen molar-refractivity contribution in [1.29, 1.82) is 0 Å². The van der Waals surface area contributed by atoms with Crippen molar-refractivity contribution in [1.82, 2.24) is 0 Å². The monoisotopic (exact) mass is 426 g/mol. The summed E-state index contributed by atoms with van der Waals surface area (Å²) in [4.78, 5) is 13.1. The van der Waals surface area contributed by atoms with Crippen LogP contribution in [0.25, 0.3) is 0 Å². The Labute approximate surface area is 176 Å². The molecule has 0 spiro atoms. The molecule has 6 heteroatoms. The fourth-order valence-electron chi connectivity index (χ4n) is 2.85. The molecule has 2 rings (SSSR count). The SMILES string of the molecule is [CH2]C(=O)CN(C)c1ccc(C(C)(C)c2cc(Cl)c(OCCCl)c(Cl)c2)cc1. The highest BCUT2D eigenvalue weighted by Gasteiger charge is 2.25. The molecule has 0 N–H and O–H groups in total. The number of Topliss-reactive ketones (excluding diaryl/α,β-unsaturated/α-hetero) is 1. The number of halogens is 3. The summed E-state index contributed by atoms with van der Waals surface area (Å²) in [7, 11) is 1.86. The Morgan fingerprint density at radius 2 is 1.67 bits per heavy atom. The van der Waals surface area contributed by atoms with Crippen LogP contribution in [0.2, 0.25) is 10.0 Å². The zero-order valence-electron chi connectivity index (χ0n) is 15.7. The van der Waals surface area contributed by atoms with E-state index in [4.69, 9.17) is 39.5 Å². The smallest absolute Gasteiger partial charge is 0.156 e. The number of rotatable bonds is 8. The lowest BCUT2D eigenvalue weighted by Crippen LogP contribution is -2.24. The quantitative estimate of drug-likeness (QED) is 0.500. The van der Waals surface area contributed by atoms with Crippen LogP contribution in [0.15, 0.2) is 36.4 Å². The molecule has 0 aliphatic rings. The van der Waals surface area contributed by atoms with E-state index < -0.39 is 0 Å². The number of likely N-dealkylation sites (N-methyl/N-ethyl adjacent to an activating group) is 1. The summed E-state index contributed by atoms with van der Waals surface area (Å²) >= 11 is 18.4. The fourth-order valence-corrected chi connectivity index (χ4v) is 3.53. The predicted octanol–water partition coefficient (Wildman–Crippen LogP) is 5.78. The number of carbonyl (C=O) groups excluding carboxylic acids is 1. The van der Waals surface area contributed by atoms with Gasteiger partial charge in [-0.2, -0.15) is 0 Å². The lowest BCUT2D eigenvalue weighted by molar-refractivity contribution is -0.113. The molecule has 145 valence electrons. The Morgan fingerprint density at radius 3 is 2.15 bits per heavy atom. The molecule has 0 bridgehead atoms. The lowest BCUT2D eigenvalue weighted by Gasteiger charge is -2.28. The predicted molar refractivity (Wildman–Crippen MR) is 115 cm³/mol. The topological polar surface area (TPSA) is 29.5 Å². The number of hydrogen-bond acceptors (Lipinski definition) is 3. The van der Waals surface area contributed by atoms with E-state index in [2.05, 4.69) is 20.8 Å². The Hall–Kier alpha value is -1.42. The standard InChI is InChI=1S/C21H23Cl3NO2/c1-14(26)13-25(4)17-7-5-15(6-8-17)21(2,3)16-11-18(23)20(19(24)12-16)27-10-9-22/h5-8,11-12H,1,9-10,13H2,2-4H3. The third-order valence-corrected chi connectivity index (χ3v) is 5.20. The Morgan fingerprint density at radius 1 is 1.11 bits per heavy atom. The van der Waals surface area contributed by atoms with Crippen molar-refractivity contribution in [3.05, 3.63) is 64.5 Å². The molecule has 0 aliphatic heterocycles. The zero-order chi connectivity index (χ0) is 20.2. The highest BCUT2D eigenvalue weighted by atomic mass is 35.5. The second-order valence-electron chi connectivity index (χ2n) is 6.87. The summed E-state index contributed by atoms with van der Waals surface area (Å²) in [5, 5.41) is 0.919. The number of alkyl halides is 1. The van der Waals surface area contributed by atoms with Crippen LogP contribution in [0.3, 0.4) is 0 Å². The molecule has 1 radical (unpaired) electrons. The summed E-state index contributed by atoms with van der Waals surface area (Å²) < 4.78 is 5.53. The van der Waals surface area contributed by atoms with Crippen LogP contribution in [0.5, 0.6) is 5.75 Å². The number of ether oxygens (including phenoxy) is 1. The van der Waals surface area contributed by atoms with Gasteiger partial charge in [-0.1, -0.05) is 49.2 Å². The highest BCUT2D eigenvalue weighted by molar-refractivity contribution is 6.37. The first-order chi connectivity index (χ1) is 12.7. The first kappa shape index (κ1) is 21.9. The molecule has 0 saturated carbocycles. The maximum atomic E-state index is 11.2. The summed E-state index contributed by atoms with van der Waals surface area (Å²) in [5.41, 5.74) is 2.71. The average Bonchev–Trinajstić information content (AvgIpc) is 2.60. The lowest BCUT2D eigenvalue weighted by atomic mass is 9.78. The largest absolute Gasteiger partial charge is 0.489 e. The van der Waals surface area contributed by atoms with Crippen molar-refractivity contribution in [2.45, 2.75) is 19.3 Å². The van der Waals surface area contributed by atoms with Crippen LogP contribution >= 0.6 is 34.8 Å². The maximum absolute atomic E-state index is 11.2. The normalized spacial score (nSPS) is 11.4. The van der Waals surface area contributed by atoms with Gasteiger partial charge in [0.2, 0.25) is 0 Å². The zero-order valence-corrected chi connectivity index (χ0v) is 18.0. The molecule has 2 aromatic rings. The average molecular weight is 428 g/mol. The van der Waals surface area contributed by atoms with Gasteiger partial charge in [-0.05, 0) is 35.4 Å². The van der Waals surface area contributed by atoms with Crippen molar-refractivity contribution in [2.24, 2.45) is 0 Å². The number of benzene rings is 2. The Kier molecular flexibility index (Phi) is 7.44. The molecular weight excluding hydrogens is 405 g/mol. The molecule has 27 heavy (non-hydrogen) atoms. The van der Waals surface area contributed by atoms with E-state index in [1.54, 1.807) is 0 Å². The van der Waals surface area contributed by atoms with Crippen LogP contribution in [-0.2, 0) is 10.2 Å². The van der Waals surface area contributed by atoms with Crippen molar-refractivity contribution in [3.8, 4) is 5.75 Å². The summed E-state index contributed by atoms with van der Waals surface area (Å²) in [6, 6.07) is 11.8. The number of anilines is 1. The van der Waals surface area contributed by atoms with Gasteiger partial charge in [-0.25, -0.2) is 0 Å². The van der Waals surface area contributed by atoms with Crippen LogP contribution in [0.4, 0.5) is 5.69 Å². The third-order valence-electron chi connectivity index (χ3n) is 4.49. The van der Waals surface area contributed by atoms with Gasteiger partial charge in [-0.3, -0.25) is 4.79 Å². The maximum Gasteiger partial charge on any atom is 0.156 e. The summed E-state index contributed by atoms with van der Waals surface area (Å²) in [6.07, 6.45) is 0. The van der Waals surface area contributed by atoms with E-state index in [0.29, 0.717) is 28.3 Å². The van der Waals surface area contributed by atoms with Gasteiger partial charge < -0.3 is 9.64 Å². The minimum atomic E-state index is -0.322. The molecule has 0 aliphatic carbocycles. The van der Waals surface area contributed by atoms with Crippen molar-refractivity contribution >= 4 is 46.3 Å². The van der Waals surface area contributed by atoms with Gasteiger partial charge in [0, 0.05) is 25.1 Å². The molecular formula is C21H23Cl3NO2. The van der Waals surface area contributed by atoms with Crippen LogP contribution in [-0.4, -0.2) is 31.9 Å². The molecule has 2 aromatic carbocycles. The van der Waals surface area contributed by atoms with Gasteiger partial charge in [0.15, 0.2) is 11.5 Å². The molecule has 3 nitrogen and oxygen atoms in total. The van der Waals surface area contributed by atoms with Gasteiger partial charge in [0.25, 0.3) is 0 Å². The molecule has 0 fully saturated rings. The summed E-state index contributed by atoms with van der Waals surface area (Å²) in [5.74, 6) is 0.691. The molecule has 0 amide bonds. The Balaban J connectivity index is 2.31.